The molecule has 1 N–H and O–H groups in total. The van der Waals surface area contributed by atoms with Gasteiger partial charge in [-0.1, -0.05) is 6.42 Å². The number of anilines is 1. The van der Waals surface area contributed by atoms with Crippen LogP contribution in [-0.2, 0) is 12.8 Å². The van der Waals surface area contributed by atoms with Crippen molar-refractivity contribution < 1.29 is 0 Å². The van der Waals surface area contributed by atoms with Gasteiger partial charge in [-0.05, 0) is 52.0 Å². The molecule has 0 amide bonds. The van der Waals surface area contributed by atoms with Crippen molar-refractivity contribution in [2.24, 2.45) is 0 Å². The van der Waals surface area contributed by atoms with Gasteiger partial charge in [0.2, 0.25) is 0 Å². The van der Waals surface area contributed by atoms with Crippen molar-refractivity contribution in [2.75, 3.05) is 24.5 Å². The Morgan fingerprint density at radius 3 is 2.90 bits per heavy atom. The third-order valence-corrected chi connectivity index (χ3v) is 4.68. The summed E-state index contributed by atoms with van der Waals surface area (Å²) in [5.74, 6) is 1.22. The Bertz CT molecular complexity index is 440. The molecule has 0 bridgehead atoms. The van der Waals surface area contributed by atoms with Crippen molar-refractivity contribution in [1.29, 1.82) is 0 Å². The smallest absolute Gasteiger partial charge is 0.135 e. The van der Waals surface area contributed by atoms with Crippen LogP contribution in [0.5, 0.6) is 0 Å². The van der Waals surface area contributed by atoms with Crippen LogP contribution in [0.4, 0.5) is 5.82 Å². The van der Waals surface area contributed by atoms with Crippen molar-refractivity contribution in [3.8, 4) is 0 Å². The molecule has 1 unspecified atom stereocenters. The summed E-state index contributed by atoms with van der Waals surface area (Å²) in [5.41, 5.74) is 2.73. The minimum atomic E-state index is 0.594. The highest BCUT2D eigenvalue weighted by Gasteiger charge is 2.24. The SMILES string of the molecule is CCN(c1ncnc2c1CCCCC2)C1CCCNC1. The van der Waals surface area contributed by atoms with Crippen LogP contribution >= 0.6 is 0 Å². The molecule has 3 rings (SSSR count). The topological polar surface area (TPSA) is 41.1 Å². The molecule has 1 saturated heterocycles. The molecule has 0 saturated carbocycles. The van der Waals surface area contributed by atoms with Gasteiger partial charge in [-0.3, -0.25) is 0 Å². The van der Waals surface area contributed by atoms with Gasteiger partial charge in [0.15, 0.2) is 0 Å². The van der Waals surface area contributed by atoms with Crippen molar-refractivity contribution >= 4 is 5.82 Å². The van der Waals surface area contributed by atoms with E-state index in [1.165, 1.54) is 49.2 Å². The second-order valence-electron chi connectivity index (χ2n) is 5.97. The average Bonchev–Trinajstić information content (AvgIpc) is 2.75. The van der Waals surface area contributed by atoms with Crippen molar-refractivity contribution in [1.82, 2.24) is 15.3 Å². The number of hydrogen-bond acceptors (Lipinski definition) is 4. The van der Waals surface area contributed by atoms with Crippen LogP contribution in [0.2, 0.25) is 0 Å². The van der Waals surface area contributed by atoms with E-state index >= 15 is 0 Å². The summed E-state index contributed by atoms with van der Waals surface area (Å²) in [7, 11) is 0. The van der Waals surface area contributed by atoms with E-state index in [1.54, 1.807) is 6.33 Å². The van der Waals surface area contributed by atoms with E-state index in [-0.39, 0.29) is 0 Å². The summed E-state index contributed by atoms with van der Waals surface area (Å²) in [6.45, 7) is 5.54. The summed E-state index contributed by atoms with van der Waals surface area (Å²) >= 11 is 0. The van der Waals surface area contributed by atoms with E-state index in [0.29, 0.717) is 6.04 Å². The van der Waals surface area contributed by atoms with Gasteiger partial charge in [-0.15, -0.1) is 0 Å². The number of aromatic nitrogens is 2. The predicted octanol–water partition coefficient (Wildman–Crippen LogP) is 2.32. The third-order valence-electron chi connectivity index (χ3n) is 4.68. The fourth-order valence-corrected chi connectivity index (χ4v) is 3.61. The van der Waals surface area contributed by atoms with E-state index in [4.69, 9.17) is 0 Å². The van der Waals surface area contributed by atoms with Crippen LogP contribution < -0.4 is 10.2 Å². The largest absolute Gasteiger partial charge is 0.352 e. The summed E-state index contributed by atoms with van der Waals surface area (Å²) in [4.78, 5) is 11.7. The number of fused-ring (bicyclic) bond motifs is 1. The lowest BCUT2D eigenvalue weighted by molar-refractivity contribution is 0.432. The Labute approximate surface area is 122 Å². The Balaban J connectivity index is 1.90. The first kappa shape index (κ1) is 13.8. The summed E-state index contributed by atoms with van der Waals surface area (Å²) in [6, 6.07) is 0.594. The molecule has 0 spiro atoms. The number of likely N-dealkylation sites (N-methyl/N-ethyl adjacent to an activating group) is 1. The maximum Gasteiger partial charge on any atom is 0.135 e. The summed E-state index contributed by atoms with van der Waals surface area (Å²) < 4.78 is 0. The molecule has 1 fully saturated rings. The zero-order valence-corrected chi connectivity index (χ0v) is 12.6. The molecule has 1 aromatic heterocycles. The summed E-state index contributed by atoms with van der Waals surface area (Å²) in [5, 5.41) is 3.53. The molecule has 1 aliphatic heterocycles. The van der Waals surface area contributed by atoms with E-state index < -0.39 is 0 Å². The van der Waals surface area contributed by atoms with Gasteiger partial charge in [0, 0.05) is 30.4 Å². The molecular formula is C16H26N4. The van der Waals surface area contributed by atoms with Crippen LogP contribution in [0.1, 0.15) is 50.3 Å². The van der Waals surface area contributed by atoms with E-state index in [2.05, 4.69) is 27.1 Å². The second kappa shape index (κ2) is 6.53. The molecule has 1 aromatic rings. The first-order valence-electron chi connectivity index (χ1n) is 8.20. The van der Waals surface area contributed by atoms with Gasteiger partial charge in [-0.25, -0.2) is 9.97 Å². The van der Waals surface area contributed by atoms with E-state index in [0.717, 1.165) is 32.5 Å². The maximum absolute atomic E-state index is 4.67. The lowest BCUT2D eigenvalue weighted by atomic mass is 10.0. The first-order chi connectivity index (χ1) is 9.90. The number of nitrogens with one attached hydrogen (secondary N) is 1. The molecule has 4 nitrogen and oxygen atoms in total. The molecule has 1 aliphatic carbocycles. The predicted molar refractivity (Wildman–Crippen MR) is 82.2 cm³/mol. The monoisotopic (exact) mass is 274 g/mol. The zero-order valence-electron chi connectivity index (χ0n) is 12.6. The Morgan fingerprint density at radius 2 is 2.10 bits per heavy atom. The number of rotatable bonds is 3. The normalized spacial score (nSPS) is 22.9. The highest BCUT2D eigenvalue weighted by molar-refractivity contribution is 5.50. The average molecular weight is 274 g/mol. The molecule has 110 valence electrons. The van der Waals surface area contributed by atoms with Gasteiger partial charge in [0.1, 0.15) is 12.1 Å². The van der Waals surface area contributed by atoms with Crippen LogP contribution in [-0.4, -0.2) is 35.6 Å². The quantitative estimate of drug-likeness (QED) is 0.859. The highest BCUT2D eigenvalue weighted by Crippen LogP contribution is 2.28. The van der Waals surface area contributed by atoms with Crippen LogP contribution in [0.15, 0.2) is 6.33 Å². The molecular weight excluding hydrogens is 248 g/mol. The number of aryl methyl sites for hydroxylation is 1. The lowest BCUT2D eigenvalue weighted by Gasteiger charge is -2.36. The molecule has 2 heterocycles. The van der Waals surface area contributed by atoms with Crippen LogP contribution in [0.25, 0.3) is 0 Å². The standard InChI is InChI=1S/C16H26N4/c1-2-20(13-7-6-10-17-11-13)16-14-8-4-3-5-9-15(14)18-12-19-16/h12-13,17H,2-11H2,1H3. The van der Waals surface area contributed by atoms with Gasteiger partial charge in [-0.2, -0.15) is 0 Å². The molecule has 4 heteroatoms. The first-order valence-corrected chi connectivity index (χ1v) is 8.20. The molecule has 1 atom stereocenters. The number of hydrogen-bond donors (Lipinski definition) is 1. The zero-order chi connectivity index (χ0) is 13.8. The van der Waals surface area contributed by atoms with Crippen molar-refractivity contribution in [3.05, 3.63) is 17.6 Å². The Hall–Kier alpha value is -1.16. The van der Waals surface area contributed by atoms with Crippen molar-refractivity contribution in [3.63, 3.8) is 0 Å². The summed E-state index contributed by atoms with van der Waals surface area (Å²) in [6.07, 6.45) is 10.5. The third kappa shape index (κ3) is 2.80. The minimum Gasteiger partial charge on any atom is -0.352 e. The van der Waals surface area contributed by atoms with Gasteiger partial charge in [0.05, 0.1) is 0 Å². The molecule has 20 heavy (non-hydrogen) atoms. The Morgan fingerprint density at radius 1 is 1.20 bits per heavy atom. The van der Waals surface area contributed by atoms with Gasteiger partial charge < -0.3 is 10.2 Å². The number of piperidine rings is 1. The maximum atomic E-state index is 4.67. The number of nitrogens with zero attached hydrogens (tertiary/aromatic N) is 3. The van der Waals surface area contributed by atoms with Crippen LogP contribution in [0.3, 0.4) is 0 Å². The molecule has 0 radical (unpaired) electrons. The van der Waals surface area contributed by atoms with Gasteiger partial charge >= 0.3 is 0 Å². The highest BCUT2D eigenvalue weighted by atomic mass is 15.2. The second-order valence-corrected chi connectivity index (χ2v) is 5.97. The minimum absolute atomic E-state index is 0.594. The van der Waals surface area contributed by atoms with E-state index in [9.17, 15) is 0 Å². The fraction of sp³-hybridized carbons (Fsp3) is 0.750. The van der Waals surface area contributed by atoms with Gasteiger partial charge in [0.25, 0.3) is 0 Å². The molecule has 0 aromatic carbocycles. The molecule has 2 aliphatic rings. The Kier molecular flexibility index (Phi) is 4.51. The van der Waals surface area contributed by atoms with Crippen LogP contribution in [0, 0.1) is 0 Å². The van der Waals surface area contributed by atoms with E-state index in [1.807, 2.05) is 0 Å². The lowest BCUT2D eigenvalue weighted by Crippen LogP contribution is -2.46. The van der Waals surface area contributed by atoms with Crippen molar-refractivity contribution in [2.45, 2.75) is 57.9 Å². The fourth-order valence-electron chi connectivity index (χ4n) is 3.61.